The lowest BCUT2D eigenvalue weighted by Crippen LogP contribution is -2.32. The minimum Gasteiger partial charge on any atom is -0.369 e. The number of nitrogens with two attached hydrogens (primary N) is 2. The number of halogens is 2. The average molecular weight is 302 g/mol. The molecular weight excluding hydrogens is 285 g/mol. The van der Waals surface area contributed by atoms with Crippen molar-refractivity contribution in [1.29, 1.82) is 0 Å². The zero-order valence-corrected chi connectivity index (χ0v) is 12.4. The average Bonchev–Trinajstić information content (AvgIpc) is 2.33. The molecule has 0 heterocycles. The summed E-state index contributed by atoms with van der Waals surface area (Å²) in [5, 5.41) is 1.07. The number of guanidine groups is 2. The third-order valence-corrected chi connectivity index (χ3v) is 3.08. The fourth-order valence-electron chi connectivity index (χ4n) is 1.25. The van der Waals surface area contributed by atoms with Crippen molar-refractivity contribution < 1.29 is 0 Å². The largest absolute Gasteiger partial charge is 0.369 e. The molecule has 7 heteroatoms. The van der Waals surface area contributed by atoms with Gasteiger partial charge in [-0.15, -0.1) is 0 Å². The molecule has 0 aromatic heterocycles. The van der Waals surface area contributed by atoms with Gasteiger partial charge in [0.2, 0.25) is 5.96 Å². The first-order chi connectivity index (χ1) is 8.90. The predicted molar refractivity (Wildman–Crippen MR) is 82.0 cm³/mol. The predicted octanol–water partition coefficient (Wildman–Crippen LogP) is 1.73. The van der Waals surface area contributed by atoms with Gasteiger partial charge in [0.1, 0.15) is 0 Å². The summed E-state index contributed by atoms with van der Waals surface area (Å²) in [5.74, 6) is 0.474. The number of benzene rings is 1. The Bertz CT molecular complexity index is 497. The SMILES string of the molecule is CN(C)C(N)=NC(N)=NCCc1ccc(Cl)c(Cl)c1. The van der Waals surface area contributed by atoms with E-state index in [4.69, 9.17) is 34.7 Å². The molecule has 5 nitrogen and oxygen atoms in total. The molecule has 104 valence electrons. The molecule has 0 bridgehead atoms. The molecule has 0 aliphatic heterocycles. The fourth-order valence-corrected chi connectivity index (χ4v) is 1.57. The fraction of sp³-hybridized carbons (Fsp3) is 0.333. The molecule has 4 N–H and O–H groups in total. The van der Waals surface area contributed by atoms with Gasteiger partial charge in [-0.05, 0) is 24.1 Å². The van der Waals surface area contributed by atoms with E-state index in [9.17, 15) is 0 Å². The number of rotatable bonds is 3. The third kappa shape index (κ3) is 5.36. The molecular formula is C12H17Cl2N5. The second kappa shape index (κ2) is 7.21. The van der Waals surface area contributed by atoms with Crippen LogP contribution in [-0.2, 0) is 6.42 Å². The van der Waals surface area contributed by atoms with E-state index in [0.717, 1.165) is 5.56 Å². The summed E-state index contributed by atoms with van der Waals surface area (Å²) >= 11 is 11.8. The van der Waals surface area contributed by atoms with Gasteiger partial charge in [-0.25, -0.2) is 0 Å². The van der Waals surface area contributed by atoms with E-state index in [-0.39, 0.29) is 5.96 Å². The van der Waals surface area contributed by atoms with Gasteiger partial charge in [0.15, 0.2) is 5.96 Å². The highest BCUT2D eigenvalue weighted by atomic mass is 35.5. The molecule has 0 saturated heterocycles. The zero-order valence-electron chi connectivity index (χ0n) is 10.9. The van der Waals surface area contributed by atoms with Crippen molar-refractivity contribution in [2.24, 2.45) is 21.5 Å². The van der Waals surface area contributed by atoms with E-state index in [1.165, 1.54) is 0 Å². The molecule has 0 unspecified atom stereocenters. The van der Waals surface area contributed by atoms with Crippen LogP contribution in [0.4, 0.5) is 0 Å². The molecule has 0 aliphatic carbocycles. The molecule has 19 heavy (non-hydrogen) atoms. The highest BCUT2D eigenvalue weighted by Gasteiger charge is 2.00. The first-order valence-electron chi connectivity index (χ1n) is 5.65. The molecule has 1 aromatic carbocycles. The van der Waals surface area contributed by atoms with E-state index in [1.807, 2.05) is 12.1 Å². The molecule has 0 atom stereocenters. The molecule has 0 spiro atoms. The molecule has 0 fully saturated rings. The standard InChI is InChI=1S/C12H17Cl2N5/c1-19(2)12(16)18-11(15)17-6-5-8-3-4-9(13)10(14)7-8/h3-4,7H,5-6H2,1-2H3,(H4,15,16,17,18). The number of aliphatic imine (C=N–C) groups is 2. The Morgan fingerprint density at radius 2 is 1.89 bits per heavy atom. The molecule has 0 amide bonds. The van der Waals surface area contributed by atoms with Crippen molar-refractivity contribution in [2.45, 2.75) is 6.42 Å². The normalized spacial score (nSPS) is 12.6. The molecule has 1 aromatic rings. The summed E-state index contributed by atoms with van der Waals surface area (Å²) in [7, 11) is 3.56. The lowest BCUT2D eigenvalue weighted by atomic mass is 10.1. The second-order valence-corrected chi connectivity index (χ2v) is 4.92. The van der Waals surface area contributed by atoms with E-state index >= 15 is 0 Å². The molecule has 0 aliphatic rings. The zero-order chi connectivity index (χ0) is 14.4. The minimum absolute atomic E-state index is 0.159. The van der Waals surface area contributed by atoms with Crippen LogP contribution in [0.15, 0.2) is 28.2 Å². The number of nitrogens with zero attached hydrogens (tertiary/aromatic N) is 3. The van der Waals surface area contributed by atoms with Gasteiger partial charge >= 0.3 is 0 Å². The van der Waals surface area contributed by atoms with Gasteiger partial charge in [-0.2, -0.15) is 4.99 Å². The summed E-state index contributed by atoms with van der Waals surface area (Å²) in [5.41, 5.74) is 12.3. The quantitative estimate of drug-likeness (QED) is 0.659. The Kier molecular flexibility index (Phi) is 5.92. The second-order valence-electron chi connectivity index (χ2n) is 4.10. The van der Waals surface area contributed by atoms with Crippen molar-refractivity contribution in [2.75, 3.05) is 20.6 Å². The van der Waals surface area contributed by atoms with Crippen LogP contribution in [0.5, 0.6) is 0 Å². The first kappa shape index (κ1) is 15.6. The Hall–Kier alpha value is -1.46. The van der Waals surface area contributed by atoms with E-state index < -0.39 is 0 Å². The van der Waals surface area contributed by atoms with E-state index in [2.05, 4.69) is 9.98 Å². The van der Waals surface area contributed by atoms with Gasteiger partial charge in [0, 0.05) is 20.6 Å². The van der Waals surface area contributed by atoms with Crippen LogP contribution in [-0.4, -0.2) is 37.5 Å². The van der Waals surface area contributed by atoms with Crippen LogP contribution < -0.4 is 11.5 Å². The Morgan fingerprint density at radius 3 is 2.47 bits per heavy atom. The number of hydrogen-bond acceptors (Lipinski definition) is 1. The van der Waals surface area contributed by atoms with Crippen molar-refractivity contribution in [3.8, 4) is 0 Å². The van der Waals surface area contributed by atoms with Gasteiger partial charge in [-0.3, -0.25) is 4.99 Å². The molecule has 0 saturated carbocycles. The lowest BCUT2D eigenvalue weighted by molar-refractivity contribution is 0.615. The minimum atomic E-state index is 0.159. The lowest BCUT2D eigenvalue weighted by Gasteiger charge is -2.09. The summed E-state index contributed by atoms with van der Waals surface area (Å²) in [4.78, 5) is 9.71. The van der Waals surface area contributed by atoms with E-state index in [1.54, 1.807) is 25.1 Å². The van der Waals surface area contributed by atoms with Crippen LogP contribution in [0.2, 0.25) is 10.0 Å². The Labute approximate surface area is 122 Å². The molecule has 1 rings (SSSR count). The summed E-state index contributed by atoms with van der Waals surface area (Å²) in [6.07, 6.45) is 0.703. The summed E-state index contributed by atoms with van der Waals surface area (Å²) in [6, 6.07) is 5.47. The van der Waals surface area contributed by atoms with Gasteiger partial charge in [0.25, 0.3) is 0 Å². The maximum atomic E-state index is 5.92. The van der Waals surface area contributed by atoms with Gasteiger partial charge < -0.3 is 16.4 Å². The van der Waals surface area contributed by atoms with Crippen LogP contribution in [0, 0.1) is 0 Å². The molecule has 0 radical (unpaired) electrons. The Balaban J connectivity index is 2.57. The van der Waals surface area contributed by atoms with Crippen LogP contribution in [0.25, 0.3) is 0 Å². The summed E-state index contributed by atoms with van der Waals surface area (Å²) < 4.78 is 0. The van der Waals surface area contributed by atoms with Crippen molar-refractivity contribution in [1.82, 2.24) is 4.90 Å². The van der Waals surface area contributed by atoms with Crippen molar-refractivity contribution >= 4 is 35.1 Å². The third-order valence-electron chi connectivity index (χ3n) is 2.35. The topological polar surface area (TPSA) is 80.0 Å². The van der Waals surface area contributed by atoms with Crippen LogP contribution >= 0.6 is 23.2 Å². The highest BCUT2D eigenvalue weighted by Crippen LogP contribution is 2.22. The van der Waals surface area contributed by atoms with E-state index in [0.29, 0.717) is 29.0 Å². The van der Waals surface area contributed by atoms with Crippen molar-refractivity contribution in [3.63, 3.8) is 0 Å². The smallest absolute Gasteiger partial charge is 0.218 e. The van der Waals surface area contributed by atoms with Gasteiger partial charge in [0.05, 0.1) is 10.0 Å². The van der Waals surface area contributed by atoms with Crippen LogP contribution in [0.1, 0.15) is 5.56 Å². The maximum absolute atomic E-state index is 5.92. The monoisotopic (exact) mass is 301 g/mol. The summed E-state index contributed by atoms with van der Waals surface area (Å²) in [6.45, 7) is 0.508. The first-order valence-corrected chi connectivity index (χ1v) is 6.41. The Morgan fingerprint density at radius 1 is 1.21 bits per heavy atom. The maximum Gasteiger partial charge on any atom is 0.218 e. The highest BCUT2D eigenvalue weighted by molar-refractivity contribution is 6.42. The number of hydrogen-bond donors (Lipinski definition) is 2. The van der Waals surface area contributed by atoms with Gasteiger partial charge in [-0.1, -0.05) is 29.3 Å². The van der Waals surface area contributed by atoms with Crippen LogP contribution in [0.3, 0.4) is 0 Å². The van der Waals surface area contributed by atoms with Crippen molar-refractivity contribution in [3.05, 3.63) is 33.8 Å².